The second-order valence-corrected chi connectivity index (χ2v) is 16.7. The summed E-state index contributed by atoms with van der Waals surface area (Å²) < 4.78 is 42.0. The van der Waals surface area contributed by atoms with Crippen LogP contribution >= 0.6 is 11.6 Å². The fourth-order valence-corrected chi connectivity index (χ4v) is 9.82. The van der Waals surface area contributed by atoms with Crippen molar-refractivity contribution >= 4 is 33.2 Å². The largest absolute Gasteiger partial charge is 0.490 e. The van der Waals surface area contributed by atoms with Crippen LogP contribution in [0.3, 0.4) is 0 Å². The highest BCUT2D eigenvalue weighted by Gasteiger charge is 2.49. The lowest BCUT2D eigenvalue weighted by Crippen LogP contribution is -2.53. The van der Waals surface area contributed by atoms with Gasteiger partial charge in [-0.15, -0.1) is 0 Å². The van der Waals surface area contributed by atoms with Gasteiger partial charge in [0.2, 0.25) is 10.0 Å². The minimum Gasteiger partial charge on any atom is -0.490 e. The summed E-state index contributed by atoms with van der Waals surface area (Å²) in [6, 6.07) is 11.4. The summed E-state index contributed by atoms with van der Waals surface area (Å²) in [5, 5.41) is 10.6. The second kappa shape index (κ2) is 12.8. The molecule has 2 N–H and O–H groups in total. The third-order valence-electron chi connectivity index (χ3n) is 11.2. The second-order valence-electron chi connectivity index (χ2n) is 14.2. The molecule has 8 nitrogen and oxygen atoms in total. The van der Waals surface area contributed by atoms with Crippen LogP contribution in [0.2, 0.25) is 5.02 Å². The molecule has 6 rings (SSSR count). The lowest BCUT2D eigenvalue weighted by molar-refractivity contribution is -0.0960. The van der Waals surface area contributed by atoms with Gasteiger partial charge in [0, 0.05) is 42.6 Å². The van der Waals surface area contributed by atoms with E-state index in [9.17, 15) is 18.3 Å². The minimum absolute atomic E-state index is 0.153. The van der Waals surface area contributed by atoms with Crippen LogP contribution in [0.4, 0.5) is 5.69 Å². The summed E-state index contributed by atoms with van der Waals surface area (Å²) in [5.41, 5.74) is 2.59. The first kappa shape index (κ1) is 33.3. The molecule has 250 valence electrons. The van der Waals surface area contributed by atoms with E-state index in [-0.39, 0.29) is 28.7 Å². The third kappa shape index (κ3) is 6.20. The number of carbonyl (C=O) groups excluding carboxylic acids is 1. The van der Waals surface area contributed by atoms with E-state index < -0.39 is 32.9 Å². The zero-order valence-corrected chi connectivity index (χ0v) is 28.9. The zero-order valence-electron chi connectivity index (χ0n) is 27.3. The quantitative estimate of drug-likeness (QED) is 0.384. The highest BCUT2D eigenvalue weighted by Crippen LogP contribution is 2.50. The molecular weight excluding hydrogens is 624 g/mol. The van der Waals surface area contributed by atoms with Crippen molar-refractivity contribution in [3.8, 4) is 5.75 Å². The molecule has 2 aliphatic carbocycles. The van der Waals surface area contributed by atoms with Gasteiger partial charge in [-0.1, -0.05) is 36.7 Å². The van der Waals surface area contributed by atoms with Crippen molar-refractivity contribution in [3.63, 3.8) is 0 Å². The summed E-state index contributed by atoms with van der Waals surface area (Å²) >= 11 is 6.43. The normalized spacial score (nSPS) is 33.8. The maximum Gasteiger partial charge on any atom is 0.264 e. The van der Waals surface area contributed by atoms with Gasteiger partial charge in [0.25, 0.3) is 5.91 Å². The van der Waals surface area contributed by atoms with Gasteiger partial charge in [0.05, 0.1) is 29.2 Å². The SMILES string of the molecule is CO[C@@]1(C[C@@H](C)O)/C=C\C[C@H](C)[C@@H](C)S(=O)(=O)NC(=O)c2ccc3c(c2)N(C[C@@H]2CC[C@H]21)C[C@@]1(CCCc2cc(Cl)ccc21)CO3. The number of nitrogens with one attached hydrogen (secondary N) is 1. The van der Waals surface area contributed by atoms with E-state index in [0.717, 1.165) is 42.8 Å². The molecule has 7 atom stereocenters. The number of aliphatic hydroxyl groups is 1. The summed E-state index contributed by atoms with van der Waals surface area (Å²) in [4.78, 5) is 15.8. The minimum atomic E-state index is -3.96. The van der Waals surface area contributed by atoms with E-state index in [1.807, 2.05) is 19.1 Å². The molecule has 4 aliphatic rings. The average molecular weight is 671 g/mol. The number of ether oxygens (including phenoxy) is 2. The summed E-state index contributed by atoms with van der Waals surface area (Å²) in [7, 11) is -2.24. The number of nitrogens with zero attached hydrogens (tertiary/aromatic N) is 1. The molecule has 2 aliphatic heterocycles. The number of rotatable bonds is 3. The maximum absolute atomic E-state index is 13.5. The Kier molecular flexibility index (Phi) is 9.26. The van der Waals surface area contributed by atoms with Crippen molar-refractivity contribution in [2.24, 2.45) is 17.8 Å². The number of allylic oxidation sites excluding steroid dienone is 1. The van der Waals surface area contributed by atoms with E-state index >= 15 is 0 Å². The molecule has 10 heteroatoms. The number of hydrogen-bond donors (Lipinski definition) is 2. The number of fused-ring (bicyclic) bond motifs is 4. The Morgan fingerprint density at radius 1 is 1.20 bits per heavy atom. The summed E-state index contributed by atoms with van der Waals surface area (Å²) in [6.07, 6.45) is 9.34. The van der Waals surface area contributed by atoms with Crippen LogP contribution in [-0.4, -0.2) is 63.2 Å². The molecule has 0 aromatic heterocycles. The van der Waals surface area contributed by atoms with Crippen molar-refractivity contribution < 1.29 is 27.8 Å². The van der Waals surface area contributed by atoms with E-state index in [1.54, 1.807) is 39.2 Å². The molecule has 0 radical (unpaired) electrons. The van der Waals surface area contributed by atoms with Gasteiger partial charge in [-0.25, -0.2) is 13.1 Å². The maximum atomic E-state index is 13.5. The number of hydrogen-bond acceptors (Lipinski definition) is 7. The van der Waals surface area contributed by atoms with Crippen LogP contribution in [0.5, 0.6) is 5.75 Å². The number of benzene rings is 2. The zero-order chi connectivity index (χ0) is 32.9. The molecule has 2 aromatic rings. The molecule has 1 spiro atoms. The van der Waals surface area contributed by atoms with Crippen LogP contribution < -0.4 is 14.4 Å². The average Bonchev–Trinajstić information content (AvgIpc) is 3.14. The number of aliphatic hydroxyl groups excluding tert-OH is 1. The van der Waals surface area contributed by atoms with Gasteiger partial charge in [-0.3, -0.25) is 4.79 Å². The van der Waals surface area contributed by atoms with E-state index in [2.05, 4.69) is 27.8 Å². The van der Waals surface area contributed by atoms with Crippen LogP contribution in [0.1, 0.15) is 80.8 Å². The molecule has 0 unspecified atom stereocenters. The van der Waals surface area contributed by atoms with Crippen LogP contribution in [0.15, 0.2) is 48.6 Å². The standard InChI is InChI=1S/C36H47ClN2O6S/c1-23-7-5-16-36(44-4,19-24(2)40)31-12-9-28(31)20-39-21-35(15-6-8-26-17-29(37)11-13-30(26)35)22-45-33-14-10-27(18-32(33)39)34(41)38-46(42,43)25(23)3/h5,10-11,13-14,16-18,23-25,28,31,40H,6-9,12,15,19-22H2,1-4H3,(H,38,41)/b16-5-/t23-,24+,25+,28-,31+,35-,36+/m0/s1. The number of carbonyl (C=O) groups is 1. The Labute approximate surface area is 278 Å². The molecule has 1 fully saturated rings. The van der Waals surface area contributed by atoms with Crippen molar-refractivity contribution in [1.82, 2.24) is 4.72 Å². The van der Waals surface area contributed by atoms with Gasteiger partial charge >= 0.3 is 0 Å². The van der Waals surface area contributed by atoms with E-state index in [0.29, 0.717) is 38.3 Å². The Morgan fingerprint density at radius 3 is 2.72 bits per heavy atom. The Hall–Kier alpha value is -2.59. The smallest absolute Gasteiger partial charge is 0.264 e. The van der Waals surface area contributed by atoms with Gasteiger partial charge in [-0.05, 0) is 112 Å². The number of methoxy groups -OCH3 is 1. The fourth-order valence-electron chi connectivity index (χ4n) is 8.34. The number of aryl methyl sites for hydroxylation is 1. The predicted octanol–water partition coefficient (Wildman–Crippen LogP) is 6.04. The Morgan fingerprint density at radius 2 is 2.00 bits per heavy atom. The fraction of sp³-hybridized carbons (Fsp3) is 0.583. The summed E-state index contributed by atoms with van der Waals surface area (Å²) in [5.74, 6) is 0.200. The third-order valence-corrected chi connectivity index (χ3v) is 13.4. The molecule has 2 bridgehead atoms. The first-order valence-electron chi connectivity index (χ1n) is 16.6. The predicted molar refractivity (Wildman–Crippen MR) is 181 cm³/mol. The lowest BCUT2D eigenvalue weighted by atomic mass is 9.62. The first-order chi connectivity index (χ1) is 21.9. The van der Waals surface area contributed by atoms with Crippen molar-refractivity contribution in [2.75, 3.05) is 31.7 Å². The Balaban J connectivity index is 1.47. The Bertz CT molecular complexity index is 1610. The molecule has 1 saturated carbocycles. The van der Waals surface area contributed by atoms with Crippen LogP contribution in [0.25, 0.3) is 0 Å². The van der Waals surface area contributed by atoms with Gasteiger partial charge < -0.3 is 19.5 Å². The number of anilines is 1. The lowest BCUT2D eigenvalue weighted by Gasteiger charge is -2.51. The number of amides is 1. The molecule has 2 aromatic carbocycles. The van der Waals surface area contributed by atoms with Gasteiger partial charge in [0.15, 0.2) is 0 Å². The highest BCUT2D eigenvalue weighted by atomic mass is 35.5. The van der Waals surface area contributed by atoms with Crippen LogP contribution in [-0.2, 0) is 26.6 Å². The van der Waals surface area contributed by atoms with Gasteiger partial charge in [0.1, 0.15) is 5.75 Å². The number of halogens is 1. The van der Waals surface area contributed by atoms with Crippen molar-refractivity contribution in [3.05, 3.63) is 70.3 Å². The number of sulfonamides is 1. The van der Waals surface area contributed by atoms with Crippen LogP contribution in [0, 0.1) is 17.8 Å². The summed E-state index contributed by atoms with van der Waals surface area (Å²) in [6.45, 7) is 7.19. The van der Waals surface area contributed by atoms with E-state index in [1.165, 1.54) is 11.1 Å². The molecule has 2 heterocycles. The molecule has 0 saturated heterocycles. The first-order valence-corrected chi connectivity index (χ1v) is 18.6. The molecular formula is C36H47ClN2O6S. The topological polar surface area (TPSA) is 105 Å². The molecule has 46 heavy (non-hydrogen) atoms. The highest BCUT2D eigenvalue weighted by molar-refractivity contribution is 7.90. The van der Waals surface area contributed by atoms with E-state index in [4.69, 9.17) is 21.1 Å². The van der Waals surface area contributed by atoms with Crippen molar-refractivity contribution in [1.29, 1.82) is 0 Å². The monoisotopic (exact) mass is 670 g/mol. The van der Waals surface area contributed by atoms with Gasteiger partial charge in [-0.2, -0.15) is 0 Å². The molecule has 1 amide bonds. The van der Waals surface area contributed by atoms with Crippen molar-refractivity contribution in [2.45, 2.75) is 88.1 Å².